The molecule has 2 aromatic rings. The molecule has 6 rings (SSSR count). The van der Waals surface area contributed by atoms with Crippen molar-refractivity contribution in [2.75, 3.05) is 0 Å². The second-order valence-corrected chi connectivity index (χ2v) is 9.72. The average Bonchev–Trinajstić information content (AvgIpc) is 3.14. The maximum Gasteiger partial charge on any atom is 0.280 e. The van der Waals surface area contributed by atoms with Crippen molar-refractivity contribution in [3.05, 3.63) is 29.2 Å². The summed E-state index contributed by atoms with van der Waals surface area (Å²) >= 11 is 0. The number of alkyl halides is 4. The van der Waals surface area contributed by atoms with Crippen LogP contribution in [-0.2, 0) is 0 Å². The summed E-state index contributed by atoms with van der Waals surface area (Å²) in [5.74, 6) is 1.74. The minimum Gasteiger partial charge on any atom is -0.347 e. The van der Waals surface area contributed by atoms with E-state index in [1.807, 2.05) is 0 Å². The van der Waals surface area contributed by atoms with Crippen molar-refractivity contribution in [1.29, 1.82) is 0 Å². The van der Waals surface area contributed by atoms with Gasteiger partial charge in [0, 0.05) is 12.1 Å². The molecule has 2 aromatic heterocycles. The third-order valence-electron chi connectivity index (χ3n) is 7.69. The number of hydrogen-bond acceptors (Lipinski definition) is 3. The fourth-order valence-corrected chi connectivity index (χ4v) is 6.92. The van der Waals surface area contributed by atoms with Crippen LogP contribution < -0.4 is 5.32 Å². The summed E-state index contributed by atoms with van der Waals surface area (Å²) in [5, 5.41) is 7.09. The molecule has 2 heterocycles. The smallest absolute Gasteiger partial charge is 0.280 e. The maximum atomic E-state index is 13.4. The van der Waals surface area contributed by atoms with E-state index in [2.05, 4.69) is 22.3 Å². The van der Waals surface area contributed by atoms with E-state index in [0.29, 0.717) is 6.07 Å². The summed E-state index contributed by atoms with van der Waals surface area (Å²) in [4.78, 5) is 16.7. The molecule has 0 aliphatic heterocycles. The summed E-state index contributed by atoms with van der Waals surface area (Å²) in [6.07, 6.45) is 2.03. The molecule has 4 saturated carbocycles. The van der Waals surface area contributed by atoms with Crippen molar-refractivity contribution < 1.29 is 22.4 Å². The minimum atomic E-state index is -3.02. The number of rotatable bonds is 6. The highest BCUT2D eigenvalue weighted by Crippen LogP contribution is 2.61. The molecule has 0 aromatic carbocycles. The first-order valence-electron chi connectivity index (χ1n) is 11.1. The number of fused-ring (bicyclic) bond motifs is 1. The molecule has 4 aliphatic rings. The zero-order valence-corrected chi connectivity index (χ0v) is 17.3. The van der Waals surface area contributed by atoms with Crippen LogP contribution in [0, 0.1) is 23.2 Å². The zero-order valence-electron chi connectivity index (χ0n) is 17.3. The number of carbonyl (C=O) groups is 1. The molecule has 4 bridgehead atoms. The van der Waals surface area contributed by atoms with Crippen molar-refractivity contribution in [1.82, 2.24) is 19.9 Å². The molecule has 0 radical (unpaired) electrons. The third-order valence-corrected chi connectivity index (χ3v) is 7.69. The van der Waals surface area contributed by atoms with Gasteiger partial charge in [0.05, 0.1) is 0 Å². The lowest BCUT2D eigenvalue weighted by Gasteiger charge is -2.59. The number of amides is 1. The molecule has 9 heteroatoms. The fourth-order valence-electron chi connectivity index (χ4n) is 6.92. The van der Waals surface area contributed by atoms with E-state index in [4.69, 9.17) is 0 Å². The van der Waals surface area contributed by atoms with Gasteiger partial charge in [-0.05, 0) is 74.2 Å². The number of hydrogen-bond donors (Lipinski definition) is 1. The number of aromatic nitrogens is 3. The van der Waals surface area contributed by atoms with Crippen LogP contribution in [0.1, 0.15) is 86.6 Å². The molecule has 0 spiro atoms. The predicted molar refractivity (Wildman–Crippen MR) is 105 cm³/mol. The summed E-state index contributed by atoms with van der Waals surface area (Å²) in [6.45, 7) is 2.05. The van der Waals surface area contributed by atoms with Gasteiger partial charge in [0.1, 0.15) is 11.4 Å². The third kappa shape index (κ3) is 3.49. The maximum absolute atomic E-state index is 13.4. The predicted octanol–water partition coefficient (Wildman–Crippen LogP) is 5.33. The number of nitrogens with one attached hydrogen (secondary N) is 1. The zero-order chi connectivity index (χ0) is 21.9. The highest BCUT2D eigenvalue weighted by atomic mass is 19.3. The largest absolute Gasteiger partial charge is 0.347 e. The molecule has 1 amide bonds. The Bertz CT molecular complexity index is 970. The first-order chi connectivity index (χ1) is 14.8. The molecule has 1 atom stereocenters. The van der Waals surface area contributed by atoms with Crippen LogP contribution in [0.4, 0.5) is 17.6 Å². The molecule has 4 fully saturated rings. The van der Waals surface area contributed by atoms with Crippen LogP contribution in [-0.4, -0.2) is 26.5 Å². The van der Waals surface area contributed by atoms with Crippen molar-refractivity contribution in [2.45, 2.75) is 70.8 Å². The molecular weight excluding hydrogens is 412 g/mol. The standard InChI is InChI=1S/C22H26F4N4O/c1-2-17(22-8-11-3-12(9-22)5-13(4-11)10-22)28-21(31)15-7-18-27-14(19(23)24)6-16(20(25)26)30(18)29-15/h6-7,11-13,17,19-20H,2-5,8-10H2,1H3,(H,28,31). The molecular formula is C22H26F4N4O. The van der Waals surface area contributed by atoms with Gasteiger partial charge in [0.25, 0.3) is 18.8 Å². The van der Waals surface area contributed by atoms with E-state index in [9.17, 15) is 22.4 Å². The van der Waals surface area contributed by atoms with Crippen molar-refractivity contribution in [2.24, 2.45) is 23.2 Å². The van der Waals surface area contributed by atoms with Crippen LogP contribution >= 0.6 is 0 Å². The summed E-state index contributed by atoms with van der Waals surface area (Å²) in [5.41, 5.74) is -1.62. The van der Waals surface area contributed by atoms with Gasteiger partial charge in [-0.1, -0.05) is 6.92 Å². The molecule has 31 heavy (non-hydrogen) atoms. The Morgan fingerprint density at radius 3 is 2.23 bits per heavy atom. The van der Waals surface area contributed by atoms with Gasteiger partial charge in [-0.25, -0.2) is 27.1 Å². The van der Waals surface area contributed by atoms with E-state index in [-0.39, 0.29) is 22.8 Å². The van der Waals surface area contributed by atoms with E-state index < -0.39 is 30.1 Å². The quantitative estimate of drug-likeness (QED) is 0.621. The van der Waals surface area contributed by atoms with E-state index in [0.717, 1.165) is 48.0 Å². The first kappa shape index (κ1) is 20.7. The molecule has 1 unspecified atom stereocenters. The fraction of sp³-hybridized carbons (Fsp3) is 0.682. The average molecular weight is 438 g/mol. The Hall–Kier alpha value is -2.19. The molecule has 168 valence electrons. The van der Waals surface area contributed by atoms with Crippen LogP contribution in [0.15, 0.2) is 12.1 Å². The Morgan fingerprint density at radius 2 is 1.71 bits per heavy atom. The Kier molecular flexibility index (Phi) is 4.97. The second-order valence-electron chi connectivity index (χ2n) is 9.72. The number of halogens is 4. The van der Waals surface area contributed by atoms with Crippen LogP contribution in [0.5, 0.6) is 0 Å². The lowest BCUT2D eigenvalue weighted by molar-refractivity contribution is -0.0727. The van der Waals surface area contributed by atoms with Crippen molar-refractivity contribution in [3.63, 3.8) is 0 Å². The van der Waals surface area contributed by atoms with Gasteiger partial charge < -0.3 is 5.32 Å². The van der Waals surface area contributed by atoms with Gasteiger partial charge >= 0.3 is 0 Å². The van der Waals surface area contributed by atoms with Crippen LogP contribution in [0.25, 0.3) is 5.65 Å². The monoisotopic (exact) mass is 438 g/mol. The van der Waals surface area contributed by atoms with Crippen LogP contribution in [0.3, 0.4) is 0 Å². The lowest BCUT2D eigenvalue weighted by atomic mass is 9.47. The van der Waals surface area contributed by atoms with Gasteiger partial charge in [-0.15, -0.1) is 0 Å². The topological polar surface area (TPSA) is 59.3 Å². The van der Waals surface area contributed by atoms with Crippen LogP contribution in [0.2, 0.25) is 0 Å². The van der Waals surface area contributed by atoms with Gasteiger partial charge in [0.15, 0.2) is 11.3 Å². The molecule has 0 saturated heterocycles. The SMILES string of the molecule is CCC(NC(=O)c1cc2nc(C(F)F)cc(C(F)F)n2n1)C12CC3CC(CC(C3)C1)C2. The highest BCUT2D eigenvalue weighted by molar-refractivity contribution is 5.93. The molecule has 1 N–H and O–H groups in total. The van der Waals surface area contributed by atoms with Gasteiger partial charge in [-0.3, -0.25) is 4.79 Å². The minimum absolute atomic E-state index is 0.0163. The Morgan fingerprint density at radius 1 is 1.10 bits per heavy atom. The Balaban J connectivity index is 1.42. The lowest BCUT2D eigenvalue weighted by Crippen LogP contribution is -2.56. The second kappa shape index (κ2) is 7.45. The van der Waals surface area contributed by atoms with Crippen molar-refractivity contribution >= 4 is 11.6 Å². The normalized spacial score (nSPS) is 30.5. The molecule has 5 nitrogen and oxygen atoms in total. The van der Waals surface area contributed by atoms with Crippen molar-refractivity contribution in [3.8, 4) is 0 Å². The summed E-state index contributed by atoms with van der Waals surface area (Å²) < 4.78 is 53.7. The van der Waals surface area contributed by atoms with E-state index in [1.54, 1.807) is 0 Å². The van der Waals surface area contributed by atoms with E-state index >= 15 is 0 Å². The van der Waals surface area contributed by atoms with Gasteiger partial charge in [0.2, 0.25) is 0 Å². The van der Waals surface area contributed by atoms with Gasteiger partial charge in [-0.2, -0.15) is 5.10 Å². The molecule has 4 aliphatic carbocycles. The Labute approximate surface area is 177 Å². The number of carbonyl (C=O) groups excluding carboxylic acids is 1. The summed E-state index contributed by atoms with van der Waals surface area (Å²) in [6, 6.07) is 1.83. The highest BCUT2D eigenvalue weighted by Gasteiger charge is 2.54. The summed E-state index contributed by atoms with van der Waals surface area (Å²) in [7, 11) is 0. The first-order valence-corrected chi connectivity index (χ1v) is 11.1. The number of nitrogens with zero attached hydrogens (tertiary/aromatic N) is 3. The van der Waals surface area contributed by atoms with E-state index in [1.165, 1.54) is 25.3 Å².